The van der Waals surface area contributed by atoms with Crippen molar-refractivity contribution in [1.82, 2.24) is 4.90 Å². The molecule has 2 N–H and O–H groups in total. The molecule has 104 valence electrons. The molecule has 0 spiro atoms. The Morgan fingerprint density at radius 1 is 1.05 bits per heavy atom. The lowest BCUT2D eigenvalue weighted by Gasteiger charge is -2.28. The summed E-state index contributed by atoms with van der Waals surface area (Å²) in [5.74, 6) is 0. The molecule has 0 amide bonds. The quantitative estimate of drug-likeness (QED) is 0.924. The Morgan fingerprint density at radius 2 is 1.75 bits per heavy atom. The van der Waals surface area contributed by atoms with E-state index in [0.717, 1.165) is 26.1 Å². The van der Waals surface area contributed by atoms with Crippen LogP contribution < -0.4 is 5.73 Å². The first kappa shape index (κ1) is 13.3. The number of benzene rings is 2. The third-order valence-electron chi connectivity index (χ3n) is 4.12. The molecular formula is C18H22N2. The van der Waals surface area contributed by atoms with E-state index in [0.29, 0.717) is 0 Å². The van der Waals surface area contributed by atoms with Crippen LogP contribution in [0, 0.1) is 0 Å². The molecule has 1 aliphatic heterocycles. The van der Waals surface area contributed by atoms with E-state index in [4.69, 9.17) is 5.73 Å². The fourth-order valence-electron chi connectivity index (χ4n) is 2.87. The van der Waals surface area contributed by atoms with Crippen LogP contribution >= 0.6 is 0 Å². The van der Waals surface area contributed by atoms with Gasteiger partial charge in [-0.25, -0.2) is 0 Å². The minimum atomic E-state index is 0.117. The predicted octanol–water partition coefficient (Wildman–Crippen LogP) is 3.26. The van der Waals surface area contributed by atoms with Crippen molar-refractivity contribution in [1.29, 1.82) is 0 Å². The van der Waals surface area contributed by atoms with Crippen LogP contribution in [-0.2, 0) is 19.5 Å². The first-order valence-electron chi connectivity index (χ1n) is 7.36. The highest BCUT2D eigenvalue weighted by molar-refractivity contribution is 5.30. The second-order valence-electron chi connectivity index (χ2n) is 5.76. The summed E-state index contributed by atoms with van der Waals surface area (Å²) in [6, 6.07) is 17.6. The van der Waals surface area contributed by atoms with E-state index < -0.39 is 0 Å². The van der Waals surface area contributed by atoms with Crippen LogP contribution in [0.15, 0.2) is 48.5 Å². The predicted molar refractivity (Wildman–Crippen MR) is 83.3 cm³/mol. The van der Waals surface area contributed by atoms with E-state index in [9.17, 15) is 0 Å². The van der Waals surface area contributed by atoms with Crippen LogP contribution in [0.5, 0.6) is 0 Å². The van der Waals surface area contributed by atoms with Crippen LogP contribution in [0.1, 0.15) is 35.2 Å². The van der Waals surface area contributed by atoms with E-state index >= 15 is 0 Å². The van der Waals surface area contributed by atoms with Crippen molar-refractivity contribution in [3.05, 3.63) is 70.8 Å². The minimum Gasteiger partial charge on any atom is -0.324 e. The van der Waals surface area contributed by atoms with Gasteiger partial charge in [-0.05, 0) is 35.6 Å². The highest BCUT2D eigenvalue weighted by Crippen LogP contribution is 2.20. The van der Waals surface area contributed by atoms with E-state index in [2.05, 4.69) is 53.4 Å². The zero-order chi connectivity index (χ0) is 13.9. The SMILES string of the molecule is CC(N)c1ccc(CN2CCc3ccccc3C2)cc1. The van der Waals surface area contributed by atoms with E-state index in [1.54, 1.807) is 0 Å². The van der Waals surface area contributed by atoms with Crippen LogP contribution in [-0.4, -0.2) is 11.4 Å². The highest BCUT2D eigenvalue weighted by atomic mass is 15.1. The summed E-state index contributed by atoms with van der Waals surface area (Å²) >= 11 is 0. The number of rotatable bonds is 3. The molecule has 0 bridgehead atoms. The summed E-state index contributed by atoms with van der Waals surface area (Å²) in [5.41, 5.74) is 11.5. The first-order chi connectivity index (χ1) is 9.72. The highest BCUT2D eigenvalue weighted by Gasteiger charge is 2.15. The Labute approximate surface area is 121 Å². The molecule has 2 nitrogen and oxygen atoms in total. The lowest BCUT2D eigenvalue weighted by molar-refractivity contribution is 0.245. The van der Waals surface area contributed by atoms with Crippen molar-refractivity contribution in [2.75, 3.05) is 6.54 Å². The zero-order valence-electron chi connectivity index (χ0n) is 12.0. The third kappa shape index (κ3) is 2.92. The molecule has 0 aliphatic carbocycles. The molecule has 0 radical (unpaired) electrons. The van der Waals surface area contributed by atoms with Gasteiger partial charge in [0.1, 0.15) is 0 Å². The van der Waals surface area contributed by atoms with Gasteiger partial charge in [0.25, 0.3) is 0 Å². The molecule has 0 saturated carbocycles. The van der Waals surface area contributed by atoms with Crippen molar-refractivity contribution in [3.63, 3.8) is 0 Å². The van der Waals surface area contributed by atoms with Gasteiger partial charge < -0.3 is 5.73 Å². The summed E-state index contributed by atoms with van der Waals surface area (Å²) in [6.45, 7) is 5.25. The van der Waals surface area contributed by atoms with Gasteiger partial charge in [0.15, 0.2) is 0 Å². The largest absolute Gasteiger partial charge is 0.324 e. The molecule has 1 unspecified atom stereocenters. The molecule has 2 heteroatoms. The van der Waals surface area contributed by atoms with Gasteiger partial charge in [0.05, 0.1) is 0 Å². The van der Waals surface area contributed by atoms with Crippen molar-refractivity contribution < 1.29 is 0 Å². The molecule has 2 aromatic rings. The van der Waals surface area contributed by atoms with E-state index in [1.807, 2.05) is 6.92 Å². The molecule has 20 heavy (non-hydrogen) atoms. The molecule has 0 saturated heterocycles. The lowest BCUT2D eigenvalue weighted by atomic mass is 9.99. The standard InChI is InChI=1S/C18H22N2/c1-14(19)16-8-6-15(7-9-16)12-20-11-10-17-4-2-3-5-18(17)13-20/h2-9,14H,10-13,19H2,1H3. The molecule has 1 heterocycles. The fraction of sp³-hybridized carbons (Fsp3) is 0.333. The molecule has 0 fully saturated rings. The maximum absolute atomic E-state index is 5.89. The van der Waals surface area contributed by atoms with Gasteiger partial charge in [-0.3, -0.25) is 4.90 Å². The van der Waals surface area contributed by atoms with Crippen molar-refractivity contribution in [2.45, 2.75) is 32.5 Å². The van der Waals surface area contributed by atoms with Gasteiger partial charge in [-0.1, -0.05) is 48.5 Å². The number of hydrogen-bond donors (Lipinski definition) is 1. The lowest BCUT2D eigenvalue weighted by Crippen LogP contribution is -2.29. The molecule has 0 aromatic heterocycles. The van der Waals surface area contributed by atoms with Gasteiger partial charge in [-0.2, -0.15) is 0 Å². The van der Waals surface area contributed by atoms with Gasteiger partial charge in [0, 0.05) is 25.7 Å². The maximum atomic E-state index is 5.89. The van der Waals surface area contributed by atoms with E-state index in [-0.39, 0.29) is 6.04 Å². The second kappa shape index (κ2) is 5.78. The number of fused-ring (bicyclic) bond motifs is 1. The topological polar surface area (TPSA) is 29.3 Å². The Balaban J connectivity index is 1.67. The molecule has 1 aliphatic rings. The molecule has 3 rings (SSSR count). The monoisotopic (exact) mass is 266 g/mol. The summed E-state index contributed by atoms with van der Waals surface area (Å²) in [4.78, 5) is 2.52. The van der Waals surface area contributed by atoms with Crippen LogP contribution in [0.4, 0.5) is 0 Å². The van der Waals surface area contributed by atoms with Crippen molar-refractivity contribution in [3.8, 4) is 0 Å². The molecular weight excluding hydrogens is 244 g/mol. The Morgan fingerprint density at radius 3 is 2.45 bits per heavy atom. The Hall–Kier alpha value is -1.64. The van der Waals surface area contributed by atoms with Crippen LogP contribution in [0.2, 0.25) is 0 Å². The second-order valence-corrected chi connectivity index (χ2v) is 5.76. The summed E-state index contributed by atoms with van der Waals surface area (Å²) in [5, 5.41) is 0. The number of hydrogen-bond acceptors (Lipinski definition) is 2. The normalized spacial score (nSPS) is 16.7. The minimum absolute atomic E-state index is 0.117. The average molecular weight is 266 g/mol. The van der Waals surface area contributed by atoms with Crippen molar-refractivity contribution in [2.24, 2.45) is 5.73 Å². The first-order valence-corrected chi connectivity index (χ1v) is 7.36. The average Bonchev–Trinajstić information content (AvgIpc) is 2.48. The fourth-order valence-corrected chi connectivity index (χ4v) is 2.87. The zero-order valence-corrected chi connectivity index (χ0v) is 12.0. The number of nitrogens with two attached hydrogens (primary N) is 1. The van der Waals surface area contributed by atoms with Crippen LogP contribution in [0.3, 0.4) is 0 Å². The smallest absolute Gasteiger partial charge is 0.0266 e. The summed E-state index contributed by atoms with van der Waals surface area (Å²) in [7, 11) is 0. The molecule has 2 aromatic carbocycles. The van der Waals surface area contributed by atoms with Gasteiger partial charge in [0.2, 0.25) is 0 Å². The summed E-state index contributed by atoms with van der Waals surface area (Å²) < 4.78 is 0. The Bertz CT molecular complexity index is 572. The summed E-state index contributed by atoms with van der Waals surface area (Å²) in [6.07, 6.45) is 1.16. The van der Waals surface area contributed by atoms with Crippen molar-refractivity contribution >= 4 is 0 Å². The Kier molecular flexibility index (Phi) is 3.86. The van der Waals surface area contributed by atoms with Gasteiger partial charge >= 0.3 is 0 Å². The third-order valence-corrected chi connectivity index (χ3v) is 4.12. The molecule has 1 atom stereocenters. The number of nitrogens with zero attached hydrogens (tertiary/aromatic N) is 1. The van der Waals surface area contributed by atoms with Gasteiger partial charge in [-0.15, -0.1) is 0 Å². The van der Waals surface area contributed by atoms with Crippen LogP contribution in [0.25, 0.3) is 0 Å². The van der Waals surface area contributed by atoms with E-state index in [1.165, 1.54) is 22.3 Å². The maximum Gasteiger partial charge on any atom is 0.0266 e.